The van der Waals surface area contributed by atoms with E-state index in [1.807, 2.05) is 35.0 Å². The predicted molar refractivity (Wildman–Crippen MR) is 93.5 cm³/mol. The Hall–Kier alpha value is -2.63. The molecule has 132 valence electrons. The van der Waals surface area contributed by atoms with Crippen molar-refractivity contribution >= 4 is 11.9 Å². The number of rotatable bonds is 8. The summed E-state index contributed by atoms with van der Waals surface area (Å²) < 4.78 is 2.00. The summed E-state index contributed by atoms with van der Waals surface area (Å²) in [6.07, 6.45) is 4.73. The van der Waals surface area contributed by atoms with E-state index in [1.54, 1.807) is 0 Å². The first-order chi connectivity index (χ1) is 12.1. The minimum atomic E-state index is -0.817. The van der Waals surface area contributed by atoms with E-state index >= 15 is 0 Å². The van der Waals surface area contributed by atoms with Crippen LogP contribution in [0.4, 0.5) is 0 Å². The van der Waals surface area contributed by atoms with Crippen LogP contribution >= 0.6 is 0 Å². The number of nitrogens with zero attached hydrogens (tertiary/aromatic N) is 2. The highest BCUT2D eigenvalue weighted by Crippen LogP contribution is 2.27. The van der Waals surface area contributed by atoms with Gasteiger partial charge >= 0.3 is 5.97 Å². The van der Waals surface area contributed by atoms with Crippen molar-refractivity contribution in [1.29, 1.82) is 0 Å². The van der Waals surface area contributed by atoms with Crippen LogP contribution in [0.3, 0.4) is 0 Å². The third-order valence-electron chi connectivity index (χ3n) is 4.51. The van der Waals surface area contributed by atoms with Crippen LogP contribution in [0.15, 0.2) is 30.3 Å². The van der Waals surface area contributed by atoms with Crippen LogP contribution in [0.2, 0.25) is 0 Å². The molecule has 6 heteroatoms. The number of fused-ring (bicyclic) bond motifs is 1. The van der Waals surface area contributed by atoms with Crippen molar-refractivity contribution < 1.29 is 14.7 Å². The second kappa shape index (κ2) is 7.96. The van der Waals surface area contributed by atoms with Gasteiger partial charge in [0.1, 0.15) is 0 Å². The summed E-state index contributed by atoms with van der Waals surface area (Å²) in [5.74, 6) is -0.867. The lowest BCUT2D eigenvalue weighted by molar-refractivity contribution is -0.137. The molecule has 1 aliphatic carbocycles. The maximum Gasteiger partial charge on any atom is 0.303 e. The number of carboxylic acid groups (broad SMARTS) is 1. The molecular weight excluding hydrogens is 318 g/mol. The normalized spacial score (nSPS) is 12.8. The summed E-state index contributed by atoms with van der Waals surface area (Å²) in [6, 6.07) is 10.1. The Kier molecular flexibility index (Phi) is 5.48. The number of benzene rings is 1. The van der Waals surface area contributed by atoms with E-state index in [-0.39, 0.29) is 12.3 Å². The molecule has 1 amide bonds. The third-order valence-corrected chi connectivity index (χ3v) is 4.51. The van der Waals surface area contributed by atoms with E-state index in [0.717, 1.165) is 30.6 Å². The van der Waals surface area contributed by atoms with E-state index in [9.17, 15) is 9.59 Å². The van der Waals surface area contributed by atoms with Crippen LogP contribution in [0, 0.1) is 0 Å². The smallest absolute Gasteiger partial charge is 0.303 e. The Morgan fingerprint density at radius 1 is 1.12 bits per heavy atom. The first kappa shape index (κ1) is 17.2. The number of hydrogen-bond acceptors (Lipinski definition) is 3. The lowest BCUT2D eigenvalue weighted by Crippen LogP contribution is -2.23. The Labute approximate surface area is 146 Å². The summed E-state index contributed by atoms with van der Waals surface area (Å²) in [5.41, 5.74) is 4.49. The van der Waals surface area contributed by atoms with Crippen molar-refractivity contribution in [3.8, 4) is 5.69 Å². The number of aromatic nitrogens is 2. The van der Waals surface area contributed by atoms with Gasteiger partial charge in [0.2, 0.25) is 5.91 Å². The van der Waals surface area contributed by atoms with E-state index in [4.69, 9.17) is 10.2 Å². The molecule has 6 nitrogen and oxygen atoms in total. The van der Waals surface area contributed by atoms with Gasteiger partial charge in [-0.1, -0.05) is 18.2 Å². The monoisotopic (exact) mass is 341 g/mol. The number of aliphatic carboxylic acids is 1. The number of amides is 1. The molecule has 0 saturated heterocycles. The lowest BCUT2D eigenvalue weighted by Gasteiger charge is -2.05. The van der Waals surface area contributed by atoms with E-state index < -0.39 is 5.97 Å². The zero-order chi connectivity index (χ0) is 17.6. The summed E-state index contributed by atoms with van der Waals surface area (Å²) in [6.45, 7) is 0.430. The highest BCUT2D eigenvalue weighted by Gasteiger charge is 2.23. The zero-order valence-corrected chi connectivity index (χ0v) is 14.2. The number of nitrogens with one attached hydrogen (secondary N) is 1. The van der Waals surface area contributed by atoms with Gasteiger partial charge in [-0.15, -0.1) is 0 Å². The van der Waals surface area contributed by atoms with Gasteiger partial charge in [0.15, 0.2) is 0 Å². The molecule has 0 fully saturated rings. The fourth-order valence-corrected chi connectivity index (χ4v) is 3.27. The quantitative estimate of drug-likeness (QED) is 0.723. The SMILES string of the molecule is O=C(O)CCCCC(=O)NCc1nn(-c2ccccc2)c2c1CCC2. The molecule has 2 aromatic rings. The molecule has 1 heterocycles. The second-order valence-electron chi connectivity index (χ2n) is 6.35. The standard InChI is InChI=1S/C19H23N3O3/c23-18(11-4-5-12-19(24)25)20-13-16-15-9-6-10-17(15)22(21-16)14-7-2-1-3-8-14/h1-3,7-8H,4-6,9-13H2,(H,20,23)(H,24,25). The Bertz CT molecular complexity index is 753. The average molecular weight is 341 g/mol. The zero-order valence-electron chi connectivity index (χ0n) is 14.2. The van der Waals surface area contributed by atoms with Gasteiger partial charge in [-0.3, -0.25) is 9.59 Å². The fraction of sp³-hybridized carbons (Fsp3) is 0.421. The molecule has 1 aromatic heterocycles. The molecule has 0 spiro atoms. The molecule has 2 N–H and O–H groups in total. The highest BCUT2D eigenvalue weighted by molar-refractivity contribution is 5.76. The van der Waals surface area contributed by atoms with Gasteiger partial charge in [0.25, 0.3) is 0 Å². The van der Waals surface area contributed by atoms with Crippen LogP contribution in [0.25, 0.3) is 5.69 Å². The Morgan fingerprint density at radius 2 is 1.88 bits per heavy atom. The molecule has 0 aliphatic heterocycles. The van der Waals surface area contributed by atoms with Gasteiger partial charge in [-0.2, -0.15) is 5.10 Å². The average Bonchev–Trinajstić information content (AvgIpc) is 3.20. The summed E-state index contributed by atoms with van der Waals surface area (Å²) in [4.78, 5) is 22.4. The first-order valence-corrected chi connectivity index (χ1v) is 8.78. The summed E-state index contributed by atoms with van der Waals surface area (Å²) in [5, 5.41) is 16.2. The first-order valence-electron chi connectivity index (χ1n) is 8.78. The largest absolute Gasteiger partial charge is 0.481 e. The van der Waals surface area contributed by atoms with Crippen molar-refractivity contribution in [2.24, 2.45) is 0 Å². The van der Waals surface area contributed by atoms with Crippen LogP contribution in [-0.4, -0.2) is 26.8 Å². The maximum absolute atomic E-state index is 11.9. The van der Waals surface area contributed by atoms with Crippen molar-refractivity contribution in [1.82, 2.24) is 15.1 Å². The molecule has 25 heavy (non-hydrogen) atoms. The number of unbranched alkanes of at least 4 members (excludes halogenated alkanes) is 1. The fourth-order valence-electron chi connectivity index (χ4n) is 3.27. The van der Waals surface area contributed by atoms with E-state index in [2.05, 4.69) is 5.32 Å². The number of carbonyl (C=O) groups excluding carboxylic acids is 1. The van der Waals surface area contributed by atoms with Crippen LogP contribution in [0.5, 0.6) is 0 Å². The minimum Gasteiger partial charge on any atom is -0.481 e. The number of para-hydroxylation sites is 1. The summed E-state index contributed by atoms with van der Waals surface area (Å²) in [7, 11) is 0. The molecule has 1 aromatic carbocycles. The molecule has 0 radical (unpaired) electrons. The predicted octanol–water partition coefficient (Wildman–Crippen LogP) is 2.62. The number of carboxylic acids is 1. The Morgan fingerprint density at radius 3 is 2.64 bits per heavy atom. The highest BCUT2D eigenvalue weighted by atomic mass is 16.4. The molecule has 1 aliphatic rings. The third kappa shape index (κ3) is 4.26. The number of carbonyl (C=O) groups is 2. The van der Waals surface area contributed by atoms with Crippen LogP contribution < -0.4 is 5.32 Å². The lowest BCUT2D eigenvalue weighted by atomic mass is 10.1. The van der Waals surface area contributed by atoms with Gasteiger partial charge in [-0.05, 0) is 49.8 Å². The van der Waals surface area contributed by atoms with Crippen LogP contribution in [0.1, 0.15) is 49.1 Å². The molecule has 0 unspecified atom stereocenters. The van der Waals surface area contributed by atoms with Crippen molar-refractivity contribution in [2.75, 3.05) is 0 Å². The molecular formula is C19H23N3O3. The van der Waals surface area contributed by atoms with Crippen LogP contribution in [-0.2, 0) is 29.0 Å². The second-order valence-corrected chi connectivity index (χ2v) is 6.35. The van der Waals surface area contributed by atoms with Crippen molar-refractivity contribution in [3.05, 3.63) is 47.3 Å². The van der Waals surface area contributed by atoms with E-state index in [1.165, 1.54) is 11.3 Å². The number of hydrogen-bond donors (Lipinski definition) is 2. The van der Waals surface area contributed by atoms with Gasteiger partial charge in [0.05, 0.1) is 17.9 Å². The van der Waals surface area contributed by atoms with E-state index in [0.29, 0.717) is 25.8 Å². The minimum absolute atomic E-state index is 0.0496. The van der Waals surface area contributed by atoms with Crippen molar-refractivity contribution in [2.45, 2.75) is 51.5 Å². The van der Waals surface area contributed by atoms with Gasteiger partial charge in [0, 0.05) is 18.5 Å². The summed E-state index contributed by atoms with van der Waals surface area (Å²) >= 11 is 0. The maximum atomic E-state index is 11.9. The molecule has 0 atom stereocenters. The van der Waals surface area contributed by atoms with Gasteiger partial charge < -0.3 is 10.4 Å². The molecule has 0 bridgehead atoms. The Balaban J connectivity index is 1.60. The van der Waals surface area contributed by atoms with Crippen molar-refractivity contribution in [3.63, 3.8) is 0 Å². The molecule has 0 saturated carbocycles. The molecule has 3 rings (SSSR count). The van der Waals surface area contributed by atoms with Gasteiger partial charge in [-0.25, -0.2) is 4.68 Å². The topological polar surface area (TPSA) is 84.2 Å².